The largest absolute Gasteiger partial charge is 0.618 e. The van der Waals surface area contributed by atoms with Crippen LogP contribution in [0.25, 0.3) is 11.3 Å². The second kappa shape index (κ2) is 7.39. The summed E-state index contributed by atoms with van der Waals surface area (Å²) in [6, 6.07) is 15.9. The summed E-state index contributed by atoms with van der Waals surface area (Å²) in [6.45, 7) is 1.79. The number of benzene rings is 2. The Bertz CT molecular complexity index is 1080. The lowest BCUT2D eigenvalue weighted by atomic mass is 10.0. The Labute approximate surface area is 168 Å². The van der Waals surface area contributed by atoms with Crippen molar-refractivity contribution in [2.45, 2.75) is 25.7 Å². The number of carboxylic acid groups (broad SMARTS) is 1. The number of aromatic nitrogens is 1. The van der Waals surface area contributed by atoms with Crippen molar-refractivity contribution in [1.82, 2.24) is 0 Å². The molecule has 6 heteroatoms. The van der Waals surface area contributed by atoms with Crippen LogP contribution in [0.1, 0.15) is 50.6 Å². The van der Waals surface area contributed by atoms with Gasteiger partial charge < -0.3 is 15.6 Å². The van der Waals surface area contributed by atoms with E-state index in [9.17, 15) is 19.9 Å². The average molecular weight is 388 g/mol. The quantitative estimate of drug-likeness (QED) is 0.508. The maximum atomic E-state index is 12.7. The third-order valence-corrected chi connectivity index (χ3v) is 5.09. The molecule has 146 valence electrons. The van der Waals surface area contributed by atoms with Gasteiger partial charge >= 0.3 is 5.97 Å². The fourth-order valence-electron chi connectivity index (χ4n) is 3.53. The van der Waals surface area contributed by atoms with Gasteiger partial charge in [-0.3, -0.25) is 4.79 Å². The SMILES string of the molecule is Cc1cc(NC(=O)c2ccc(C3CC3)cc2C(=O)O)c[n+]([O-])c1-c1ccccc1. The first-order valence-corrected chi connectivity index (χ1v) is 9.42. The van der Waals surface area contributed by atoms with Crippen LogP contribution in [0.2, 0.25) is 0 Å². The smallest absolute Gasteiger partial charge is 0.336 e. The van der Waals surface area contributed by atoms with E-state index in [1.54, 1.807) is 31.2 Å². The van der Waals surface area contributed by atoms with Crippen LogP contribution in [0, 0.1) is 12.1 Å². The monoisotopic (exact) mass is 388 g/mol. The molecule has 0 saturated heterocycles. The molecule has 2 N–H and O–H groups in total. The van der Waals surface area contributed by atoms with Gasteiger partial charge in [-0.25, -0.2) is 4.79 Å². The molecule has 4 rings (SSSR count). The highest BCUT2D eigenvalue weighted by Crippen LogP contribution is 2.40. The number of carbonyl (C=O) groups is 2. The van der Waals surface area contributed by atoms with Crippen LogP contribution in [0.5, 0.6) is 0 Å². The number of nitrogens with zero attached hydrogens (tertiary/aromatic N) is 1. The molecule has 1 saturated carbocycles. The van der Waals surface area contributed by atoms with Gasteiger partial charge in [0, 0.05) is 11.1 Å². The van der Waals surface area contributed by atoms with Crippen LogP contribution < -0.4 is 10.0 Å². The molecular formula is C23H20N2O4. The van der Waals surface area contributed by atoms with Gasteiger partial charge in [-0.2, -0.15) is 4.73 Å². The molecule has 29 heavy (non-hydrogen) atoms. The van der Waals surface area contributed by atoms with Crippen LogP contribution in [-0.4, -0.2) is 17.0 Å². The zero-order valence-corrected chi connectivity index (χ0v) is 15.9. The van der Waals surface area contributed by atoms with Crippen LogP contribution >= 0.6 is 0 Å². The molecule has 1 fully saturated rings. The van der Waals surface area contributed by atoms with Crippen molar-refractivity contribution in [2.75, 3.05) is 5.32 Å². The van der Waals surface area contributed by atoms with Crippen molar-refractivity contribution < 1.29 is 19.4 Å². The molecule has 1 aliphatic carbocycles. The number of carboxylic acids is 1. The summed E-state index contributed by atoms with van der Waals surface area (Å²) in [5.74, 6) is -1.32. The van der Waals surface area contributed by atoms with E-state index in [-0.39, 0.29) is 11.1 Å². The Morgan fingerprint density at radius 2 is 1.79 bits per heavy atom. The Hall–Kier alpha value is -3.67. The van der Waals surface area contributed by atoms with Crippen LogP contribution in [0.15, 0.2) is 60.8 Å². The lowest BCUT2D eigenvalue weighted by Crippen LogP contribution is -2.31. The van der Waals surface area contributed by atoms with Gasteiger partial charge in [-0.05, 0) is 61.6 Å². The van der Waals surface area contributed by atoms with Crippen LogP contribution in [0.3, 0.4) is 0 Å². The summed E-state index contributed by atoms with van der Waals surface area (Å²) in [5.41, 5.74) is 3.28. The molecule has 2 aromatic carbocycles. The van der Waals surface area contributed by atoms with E-state index < -0.39 is 11.9 Å². The first-order valence-electron chi connectivity index (χ1n) is 9.42. The molecule has 3 aromatic rings. The number of rotatable bonds is 5. The van der Waals surface area contributed by atoms with Crippen molar-refractivity contribution in [3.63, 3.8) is 0 Å². The van der Waals surface area contributed by atoms with E-state index in [0.29, 0.717) is 27.6 Å². The number of carbonyl (C=O) groups excluding carboxylic acids is 1. The van der Waals surface area contributed by atoms with Gasteiger partial charge in [0.2, 0.25) is 11.9 Å². The molecule has 6 nitrogen and oxygen atoms in total. The third kappa shape index (κ3) is 3.82. The zero-order chi connectivity index (χ0) is 20.5. The fraction of sp³-hybridized carbons (Fsp3) is 0.174. The number of pyridine rings is 1. The van der Waals surface area contributed by atoms with Gasteiger partial charge in [0.25, 0.3) is 5.91 Å². The number of nitrogens with one attached hydrogen (secondary N) is 1. The molecule has 0 atom stereocenters. The summed E-state index contributed by atoms with van der Waals surface area (Å²) in [6.07, 6.45) is 3.37. The molecular weight excluding hydrogens is 368 g/mol. The first-order chi connectivity index (χ1) is 13.9. The molecule has 0 bridgehead atoms. The Morgan fingerprint density at radius 3 is 2.41 bits per heavy atom. The summed E-state index contributed by atoms with van der Waals surface area (Å²) >= 11 is 0. The number of aromatic carboxylic acids is 1. The van der Waals surface area contributed by atoms with E-state index >= 15 is 0 Å². The van der Waals surface area contributed by atoms with Crippen LogP contribution in [0.4, 0.5) is 5.69 Å². The molecule has 1 aromatic heterocycles. The van der Waals surface area contributed by atoms with E-state index in [1.807, 2.05) is 30.3 Å². The van der Waals surface area contributed by atoms with Crippen molar-refractivity contribution >= 4 is 17.6 Å². The van der Waals surface area contributed by atoms with Crippen molar-refractivity contribution in [2.24, 2.45) is 0 Å². The minimum Gasteiger partial charge on any atom is -0.618 e. The predicted octanol–water partition coefficient (Wildman–Crippen LogP) is 4.12. The Balaban J connectivity index is 1.63. The summed E-state index contributed by atoms with van der Waals surface area (Å²) in [7, 11) is 0. The average Bonchev–Trinajstić information content (AvgIpc) is 3.53. The van der Waals surface area contributed by atoms with E-state index in [2.05, 4.69) is 5.32 Å². The van der Waals surface area contributed by atoms with Gasteiger partial charge in [-0.1, -0.05) is 24.3 Å². The molecule has 0 spiro atoms. The predicted molar refractivity (Wildman–Crippen MR) is 109 cm³/mol. The maximum absolute atomic E-state index is 12.7. The molecule has 1 heterocycles. The topological polar surface area (TPSA) is 93.3 Å². The van der Waals surface area contributed by atoms with E-state index in [4.69, 9.17) is 0 Å². The minimum absolute atomic E-state index is 0.0282. The third-order valence-electron chi connectivity index (χ3n) is 5.09. The Kier molecular flexibility index (Phi) is 4.76. The summed E-state index contributed by atoms with van der Waals surface area (Å²) in [5, 5.41) is 24.7. The number of hydrogen-bond acceptors (Lipinski definition) is 3. The van der Waals surface area contributed by atoms with Crippen molar-refractivity contribution in [1.29, 1.82) is 0 Å². The molecule has 1 amide bonds. The maximum Gasteiger partial charge on any atom is 0.336 e. The normalized spacial score (nSPS) is 13.1. The number of anilines is 1. The highest BCUT2D eigenvalue weighted by atomic mass is 16.5. The van der Waals surface area contributed by atoms with Gasteiger partial charge in [0.05, 0.1) is 11.1 Å². The molecule has 0 unspecified atom stereocenters. The van der Waals surface area contributed by atoms with Gasteiger partial charge in [0.15, 0.2) is 0 Å². The van der Waals surface area contributed by atoms with Crippen LogP contribution in [-0.2, 0) is 0 Å². The molecule has 0 radical (unpaired) electrons. The number of hydrogen-bond donors (Lipinski definition) is 2. The second-order valence-electron chi connectivity index (χ2n) is 7.29. The van der Waals surface area contributed by atoms with Gasteiger partial charge in [-0.15, -0.1) is 0 Å². The second-order valence-corrected chi connectivity index (χ2v) is 7.29. The molecule has 0 aliphatic heterocycles. The standard InChI is InChI=1S/C23H20N2O4/c1-14-11-18(13-25(29)21(14)16-5-3-2-4-6-16)24-22(26)19-10-9-17(15-7-8-15)12-20(19)23(27)28/h2-6,9-13,15H,7-8H2,1H3,(H,24,26)(H,27,28). The van der Waals surface area contributed by atoms with Crippen molar-refractivity contribution in [3.8, 4) is 11.3 Å². The Morgan fingerprint density at radius 1 is 1.07 bits per heavy atom. The van der Waals surface area contributed by atoms with Gasteiger partial charge in [0.1, 0.15) is 5.69 Å². The lowest BCUT2D eigenvalue weighted by molar-refractivity contribution is -0.593. The highest BCUT2D eigenvalue weighted by molar-refractivity contribution is 6.10. The van der Waals surface area contributed by atoms with E-state index in [0.717, 1.165) is 24.0 Å². The lowest BCUT2D eigenvalue weighted by Gasteiger charge is -2.12. The minimum atomic E-state index is -1.15. The van der Waals surface area contributed by atoms with Crippen molar-refractivity contribution in [3.05, 3.63) is 88.3 Å². The number of amides is 1. The summed E-state index contributed by atoms with van der Waals surface area (Å²) < 4.78 is 0.717. The number of aryl methyl sites for hydroxylation is 1. The van der Waals surface area contributed by atoms with E-state index in [1.165, 1.54) is 6.20 Å². The molecule has 1 aliphatic rings. The highest BCUT2D eigenvalue weighted by Gasteiger charge is 2.26. The fourth-order valence-corrected chi connectivity index (χ4v) is 3.53. The first kappa shape index (κ1) is 18.7. The summed E-state index contributed by atoms with van der Waals surface area (Å²) in [4.78, 5) is 24.4. The zero-order valence-electron chi connectivity index (χ0n) is 15.9.